The number of fused-ring (bicyclic) bond motifs is 1. The van der Waals surface area contributed by atoms with Gasteiger partial charge in [-0.3, -0.25) is 15.1 Å². The molecule has 0 amide bonds. The molecule has 7 nitrogen and oxygen atoms in total. The summed E-state index contributed by atoms with van der Waals surface area (Å²) in [6.45, 7) is 0. The molecular weight excluding hydrogens is 238 g/mol. The summed E-state index contributed by atoms with van der Waals surface area (Å²) in [4.78, 5) is 18.9. The lowest BCUT2D eigenvalue weighted by Gasteiger charge is -2.04. The minimum atomic E-state index is -0.534. The van der Waals surface area contributed by atoms with Crippen molar-refractivity contribution in [3.8, 4) is 5.75 Å². The molecule has 0 saturated heterocycles. The lowest BCUT2D eigenvalue weighted by Crippen LogP contribution is -1.95. The van der Waals surface area contributed by atoms with E-state index in [0.717, 1.165) is 0 Å². The summed E-state index contributed by atoms with van der Waals surface area (Å²) in [6, 6.07) is 4.32. The molecule has 92 valence electrons. The van der Waals surface area contributed by atoms with Crippen LogP contribution in [0, 0.1) is 10.1 Å². The number of non-ortho nitro benzene ring substituents is 1. The van der Waals surface area contributed by atoms with Crippen molar-refractivity contribution in [1.82, 2.24) is 4.98 Å². The van der Waals surface area contributed by atoms with E-state index in [1.54, 1.807) is 6.07 Å². The average molecular weight is 247 g/mol. The number of phenols is 1. The summed E-state index contributed by atoms with van der Waals surface area (Å²) < 4.78 is 0. The van der Waals surface area contributed by atoms with Gasteiger partial charge in [-0.25, -0.2) is 0 Å². The maximum atomic E-state index is 11.0. The third kappa shape index (κ3) is 1.93. The van der Waals surface area contributed by atoms with E-state index >= 15 is 0 Å². The molecule has 0 aliphatic rings. The number of oxime groups is 1. The number of benzene rings is 1. The lowest BCUT2D eigenvalue weighted by molar-refractivity contribution is -0.383. The van der Waals surface area contributed by atoms with Crippen LogP contribution < -0.4 is 0 Å². The highest BCUT2D eigenvalue weighted by molar-refractivity contribution is 5.99. The van der Waals surface area contributed by atoms with Crippen LogP contribution in [0.5, 0.6) is 5.75 Å². The van der Waals surface area contributed by atoms with Crippen molar-refractivity contribution in [2.24, 2.45) is 5.16 Å². The average Bonchev–Trinajstić information content (AvgIpc) is 2.38. The zero-order valence-corrected chi connectivity index (χ0v) is 9.40. The maximum Gasteiger partial charge on any atom is 0.279 e. The second kappa shape index (κ2) is 4.66. The Hall–Kier alpha value is -2.70. The summed E-state index contributed by atoms with van der Waals surface area (Å²) in [7, 11) is 1.33. The first-order valence-corrected chi connectivity index (χ1v) is 4.96. The molecule has 0 spiro atoms. The number of hydrogen-bond donors (Lipinski definition) is 1. The van der Waals surface area contributed by atoms with Crippen LogP contribution in [-0.4, -0.2) is 28.3 Å². The van der Waals surface area contributed by atoms with Crippen molar-refractivity contribution in [2.75, 3.05) is 7.11 Å². The van der Waals surface area contributed by atoms with Gasteiger partial charge in [0.05, 0.1) is 16.5 Å². The Labute approximate surface area is 101 Å². The molecule has 2 aromatic rings. The van der Waals surface area contributed by atoms with Crippen LogP contribution >= 0.6 is 0 Å². The van der Waals surface area contributed by atoms with Crippen LogP contribution in [0.15, 0.2) is 29.6 Å². The van der Waals surface area contributed by atoms with Crippen molar-refractivity contribution in [1.29, 1.82) is 0 Å². The van der Waals surface area contributed by atoms with Crippen LogP contribution in [0.2, 0.25) is 0 Å². The predicted molar refractivity (Wildman–Crippen MR) is 64.7 cm³/mol. The highest BCUT2D eigenvalue weighted by Gasteiger charge is 2.18. The van der Waals surface area contributed by atoms with E-state index in [9.17, 15) is 15.2 Å². The van der Waals surface area contributed by atoms with Crippen LogP contribution in [0.25, 0.3) is 10.9 Å². The molecule has 0 fully saturated rings. The van der Waals surface area contributed by atoms with Crippen molar-refractivity contribution in [3.63, 3.8) is 0 Å². The quantitative estimate of drug-likeness (QED) is 0.506. The number of hydrogen-bond acceptors (Lipinski definition) is 6. The van der Waals surface area contributed by atoms with Gasteiger partial charge in [-0.2, -0.15) is 0 Å². The normalized spacial score (nSPS) is 10.9. The summed E-state index contributed by atoms with van der Waals surface area (Å²) >= 11 is 0. The molecule has 0 saturated carbocycles. The van der Waals surface area contributed by atoms with E-state index in [1.165, 1.54) is 31.7 Å². The molecule has 1 heterocycles. The van der Waals surface area contributed by atoms with Gasteiger partial charge in [0.25, 0.3) is 5.69 Å². The molecule has 0 atom stereocenters. The molecule has 0 bridgehead atoms. The number of aromatic hydroxyl groups is 1. The molecular formula is C11H9N3O4. The second-order valence-corrected chi connectivity index (χ2v) is 3.41. The van der Waals surface area contributed by atoms with Gasteiger partial charge >= 0.3 is 0 Å². The van der Waals surface area contributed by atoms with Crippen molar-refractivity contribution >= 4 is 22.8 Å². The molecule has 1 aromatic heterocycles. The van der Waals surface area contributed by atoms with Crippen LogP contribution in [0.4, 0.5) is 5.69 Å². The Morgan fingerprint density at radius 3 is 3.06 bits per heavy atom. The smallest absolute Gasteiger partial charge is 0.279 e. The van der Waals surface area contributed by atoms with Gasteiger partial charge in [0.1, 0.15) is 12.6 Å². The largest absolute Gasteiger partial charge is 0.505 e. The van der Waals surface area contributed by atoms with Crippen molar-refractivity contribution < 1.29 is 14.9 Å². The third-order valence-corrected chi connectivity index (χ3v) is 2.37. The number of pyridine rings is 1. The minimum absolute atomic E-state index is 0.145. The maximum absolute atomic E-state index is 11.0. The highest BCUT2D eigenvalue weighted by Crippen LogP contribution is 2.33. The van der Waals surface area contributed by atoms with Crippen molar-refractivity contribution in [2.45, 2.75) is 0 Å². The van der Waals surface area contributed by atoms with E-state index in [2.05, 4.69) is 15.0 Å². The molecule has 18 heavy (non-hydrogen) atoms. The van der Waals surface area contributed by atoms with Gasteiger partial charge in [0.2, 0.25) is 0 Å². The number of rotatable bonds is 3. The first-order valence-electron chi connectivity index (χ1n) is 4.96. The zero-order chi connectivity index (χ0) is 13.1. The first kappa shape index (κ1) is 11.8. The molecule has 0 aliphatic heterocycles. The zero-order valence-electron chi connectivity index (χ0n) is 9.40. The minimum Gasteiger partial charge on any atom is -0.505 e. The number of nitro benzene ring substituents is 1. The SMILES string of the molecule is CON=Cc1cc([N+](=O)[O-])c2cccnc2c1O. The molecule has 0 radical (unpaired) electrons. The number of nitro groups is 1. The van der Waals surface area contributed by atoms with E-state index in [4.69, 9.17) is 0 Å². The Bertz CT molecular complexity index is 639. The number of phenolic OH excluding ortho intramolecular Hbond substituents is 1. The molecule has 0 aliphatic carbocycles. The van der Waals surface area contributed by atoms with Crippen LogP contribution in [0.1, 0.15) is 5.56 Å². The lowest BCUT2D eigenvalue weighted by atomic mass is 10.1. The fraction of sp³-hybridized carbons (Fsp3) is 0.0909. The Kier molecular flexibility index (Phi) is 3.05. The topological polar surface area (TPSA) is 97.9 Å². The summed E-state index contributed by atoms with van der Waals surface area (Å²) in [6.07, 6.45) is 2.64. The molecule has 1 aromatic carbocycles. The van der Waals surface area contributed by atoms with Gasteiger partial charge in [0.15, 0.2) is 5.75 Å². The van der Waals surface area contributed by atoms with Gasteiger partial charge < -0.3 is 9.94 Å². The van der Waals surface area contributed by atoms with E-state index in [-0.39, 0.29) is 27.9 Å². The standard InChI is InChI=1S/C11H9N3O4/c1-18-13-6-7-5-9(14(16)17)8-3-2-4-12-10(8)11(7)15/h2-6,15H,1H3. The fourth-order valence-electron chi connectivity index (χ4n) is 1.59. The molecule has 2 rings (SSSR count). The third-order valence-electron chi connectivity index (χ3n) is 2.37. The summed E-state index contributed by atoms with van der Waals surface area (Å²) in [5.74, 6) is -0.169. The van der Waals surface area contributed by atoms with Gasteiger partial charge in [-0.15, -0.1) is 0 Å². The fourth-order valence-corrected chi connectivity index (χ4v) is 1.59. The predicted octanol–water partition coefficient (Wildman–Crippen LogP) is 1.83. The molecule has 1 N–H and O–H groups in total. The summed E-state index contributed by atoms with van der Waals surface area (Å²) in [5, 5.41) is 24.7. The second-order valence-electron chi connectivity index (χ2n) is 3.41. The van der Waals surface area contributed by atoms with E-state index in [1.807, 2.05) is 0 Å². The Balaban J connectivity index is 2.78. The van der Waals surface area contributed by atoms with Gasteiger partial charge in [0, 0.05) is 17.8 Å². The Morgan fingerprint density at radius 1 is 1.61 bits per heavy atom. The molecule has 0 unspecified atom stereocenters. The van der Waals surface area contributed by atoms with Crippen molar-refractivity contribution in [3.05, 3.63) is 40.1 Å². The molecule has 7 heteroatoms. The number of aromatic nitrogens is 1. The van der Waals surface area contributed by atoms with Crippen LogP contribution in [0.3, 0.4) is 0 Å². The monoisotopic (exact) mass is 247 g/mol. The number of nitrogens with zero attached hydrogens (tertiary/aromatic N) is 3. The van der Waals surface area contributed by atoms with E-state index in [0.29, 0.717) is 0 Å². The summed E-state index contributed by atoms with van der Waals surface area (Å²) in [5.41, 5.74) is 0.187. The first-order chi connectivity index (χ1) is 8.65. The van der Waals surface area contributed by atoms with Crippen LogP contribution in [-0.2, 0) is 4.84 Å². The van der Waals surface area contributed by atoms with Gasteiger partial charge in [-0.05, 0) is 12.1 Å². The van der Waals surface area contributed by atoms with Gasteiger partial charge in [-0.1, -0.05) is 5.16 Å². The highest BCUT2D eigenvalue weighted by atomic mass is 16.6. The Morgan fingerprint density at radius 2 is 2.39 bits per heavy atom. The van der Waals surface area contributed by atoms with E-state index < -0.39 is 4.92 Å².